The van der Waals surface area contributed by atoms with Gasteiger partial charge in [-0.3, -0.25) is 9.69 Å². The lowest BCUT2D eigenvalue weighted by molar-refractivity contribution is -0.125. The summed E-state index contributed by atoms with van der Waals surface area (Å²) in [5, 5.41) is 3.01. The fraction of sp³-hybridized carbons (Fsp3) is 0.611. The van der Waals surface area contributed by atoms with Crippen molar-refractivity contribution in [3.05, 3.63) is 35.6 Å². The van der Waals surface area contributed by atoms with E-state index in [9.17, 15) is 9.18 Å². The highest BCUT2D eigenvalue weighted by molar-refractivity contribution is 5.79. The smallest absolute Gasteiger partial charge is 0.223 e. The van der Waals surface area contributed by atoms with E-state index in [1.54, 1.807) is 0 Å². The largest absolute Gasteiger partial charge is 0.375 e. The average molecular weight is 320 g/mol. The zero-order valence-electron chi connectivity index (χ0n) is 13.8. The van der Waals surface area contributed by atoms with Crippen molar-refractivity contribution in [2.45, 2.75) is 51.4 Å². The fourth-order valence-electron chi connectivity index (χ4n) is 3.66. The third-order valence-electron chi connectivity index (χ3n) is 4.75. The molecule has 1 amide bonds. The SMILES string of the molecule is CC(C)NC(=O)[C@H]1C[C@@H]2[C@@H](C1)OCCN2Cc1ccc(F)cc1. The number of ether oxygens (including phenoxy) is 1. The van der Waals surface area contributed by atoms with Crippen LogP contribution in [0, 0.1) is 11.7 Å². The van der Waals surface area contributed by atoms with Crippen molar-refractivity contribution in [1.29, 1.82) is 0 Å². The molecule has 5 heteroatoms. The molecule has 0 radical (unpaired) electrons. The molecule has 3 rings (SSSR count). The molecule has 0 aromatic heterocycles. The minimum Gasteiger partial charge on any atom is -0.375 e. The van der Waals surface area contributed by atoms with Crippen molar-refractivity contribution in [3.63, 3.8) is 0 Å². The summed E-state index contributed by atoms with van der Waals surface area (Å²) in [7, 11) is 0. The molecule has 2 aliphatic rings. The first-order chi connectivity index (χ1) is 11.0. The third-order valence-corrected chi connectivity index (χ3v) is 4.75. The maximum Gasteiger partial charge on any atom is 0.223 e. The van der Waals surface area contributed by atoms with Gasteiger partial charge in [0.2, 0.25) is 5.91 Å². The van der Waals surface area contributed by atoms with Gasteiger partial charge in [-0.15, -0.1) is 0 Å². The second-order valence-electron chi connectivity index (χ2n) is 6.91. The van der Waals surface area contributed by atoms with E-state index in [1.807, 2.05) is 26.0 Å². The molecule has 0 unspecified atom stereocenters. The van der Waals surface area contributed by atoms with Crippen LogP contribution in [0.2, 0.25) is 0 Å². The highest BCUT2D eigenvalue weighted by atomic mass is 19.1. The Morgan fingerprint density at radius 3 is 2.78 bits per heavy atom. The molecule has 1 aromatic carbocycles. The van der Waals surface area contributed by atoms with E-state index in [2.05, 4.69) is 10.2 Å². The van der Waals surface area contributed by atoms with E-state index < -0.39 is 0 Å². The Hall–Kier alpha value is -1.46. The van der Waals surface area contributed by atoms with Gasteiger partial charge in [-0.05, 0) is 44.4 Å². The van der Waals surface area contributed by atoms with Gasteiger partial charge in [-0.1, -0.05) is 12.1 Å². The first kappa shape index (κ1) is 16.4. The lowest BCUT2D eigenvalue weighted by Gasteiger charge is -2.37. The Labute approximate surface area is 137 Å². The number of benzene rings is 1. The van der Waals surface area contributed by atoms with Gasteiger partial charge in [0.05, 0.1) is 12.7 Å². The number of halogens is 1. The zero-order valence-corrected chi connectivity index (χ0v) is 13.8. The average Bonchev–Trinajstić information content (AvgIpc) is 2.94. The molecular weight excluding hydrogens is 295 g/mol. The molecule has 1 aliphatic carbocycles. The summed E-state index contributed by atoms with van der Waals surface area (Å²) in [5.41, 5.74) is 1.10. The van der Waals surface area contributed by atoms with Crippen molar-refractivity contribution in [2.75, 3.05) is 13.2 Å². The van der Waals surface area contributed by atoms with Crippen molar-refractivity contribution in [1.82, 2.24) is 10.2 Å². The van der Waals surface area contributed by atoms with E-state index in [4.69, 9.17) is 4.74 Å². The number of morpholine rings is 1. The second-order valence-corrected chi connectivity index (χ2v) is 6.91. The monoisotopic (exact) mass is 320 g/mol. The molecule has 2 fully saturated rings. The van der Waals surface area contributed by atoms with Gasteiger partial charge in [0.1, 0.15) is 5.82 Å². The van der Waals surface area contributed by atoms with Crippen LogP contribution in [0.3, 0.4) is 0 Å². The van der Waals surface area contributed by atoms with Crippen LogP contribution in [0.1, 0.15) is 32.3 Å². The lowest BCUT2D eigenvalue weighted by atomic mass is 10.1. The van der Waals surface area contributed by atoms with Crippen LogP contribution in [0.4, 0.5) is 4.39 Å². The molecule has 0 spiro atoms. The Morgan fingerprint density at radius 2 is 2.09 bits per heavy atom. The molecule has 4 nitrogen and oxygen atoms in total. The molecule has 126 valence electrons. The molecule has 1 N–H and O–H groups in total. The molecule has 1 aliphatic heterocycles. The standard InChI is InChI=1S/C18H25FN2O2/c1-12(2)20-18(22)14-9-16-17(10-14)23-8-7-21(16)11-13-3-5-15(19)6-4-13/h3-6,12,14,16-17H,7-11H2,1-2H3,(H,20,22)/t14-,16+,17+/m0/s1. The van der Waals surface area contributed by atoms with Gasteiger partial charge in [-0.25, -0.2) is 4.39 Å². The number of nitrogens with zero attached hydrogens (tertiary/aromatic N) is 1. The summed E-state index contributed by atoms with van der Waals surface area (Å²) in [6.45, 7) is 6.30. The number of nitrogens with one attached hydrogen (secondary N) is 1. The number of carbonyl (C=O) groups excluding carboxylic acids is 1. The summed E-state index contributed by atoms with van der Waals surface area (Å²) in [6, 6.07) is 7.11. The van der Waals surface area contributed by atoms with E-state index in [-0.39, 0.29) is 35.8 Å². The van der Waals surface area contributed by atoms with Gasteiger partial charge in [0, 0.05) is 31.1 Å². The van der Waals surface area contributed by atoms with Gasteiger partial charge in [0.15, 0.2) is 0 Å². The van der Waals surface area contributed by atoms with Crippen molar-refractivity contribution in [2.24, 2.45) is 5.92 Å². The Kier molecular flexibility index (Phi) is 4.97. The molecule has 1 heterocycles. The van der Waals surface area contributed by atoms with E-state index in [0.717, 1.165) is 31.5 Å². The van der Waals surface area contributed by atoms with E-state index in [0.29, 0.717) is 6.61 Å². The quantitative estimate of drug-likeness (QED) is 0.926. The molecule has 1 aromatic rings. The van der Waals surface area contributed by atoms with Crippen molar-refractivity contribution in [3.8, 4) is 0 Å². The highest BCUT2D eigenvalue weighted by Gasteiger charge is 2.43. The maximum absolute atomic E-state index is 13.0. The van der Waals surface area contributed by atoms with Gasteiger partial charge in [0.25, 0.3) is 0 Å². The molecule has 0 bridgehead atoms. The molecular formula is C18H25FN2O2. The summed E-state index contributed by atoms with van der Waals surface area (Å²) < 4.78 is 18.9. The summed E-state index contributed by atoms with van der Waals surface area (Å²) in [4.78, 5) is 14.7. The van der Waals surface area contributed by atoms with Crippen LogP contribution >= 0.6 is 0 Å². The minimum absolute atomic E-state index is 0.0289. The molecule has 1 saturated carbocycles. The van der Waals surface area contributed by atoms with E-state index >= 15 is 0 Å². The molecule has 1 saturated heterocycles. The Balaban J connectivity index is 1.64. The Morgan fingerprint density at radius 1 is 1.35 bits per heavy atom. The fourth-order valence-corrected chi connectivity index (χ4v) is 3.66. The zero-order chi connectivity index (χ0) is 16.4. The maximum atomic E-state index is 13.0. The van der Waals surface area contributed by atoms with Crippen LogP contribution in [-0.4, -0.2) is 42.1 Å². The minimum atomic E-state index is -0.208. The number of amides is 1. The number of hydrogen-bond donors (Lipinski definition) is 1. The predicted molar refractivity (Wildman–Crippen MR) is 86.3 cm³/mol. The first-order valence-corrected chi connectivity index (χ1v) is 8.43. The van der Waals surface area contributed by atoms with Gasteiger partial charge >= 0.3 is 0 Å². The topological polar surface area (TPSA) is 41.6 Å². The number of hydrogen-bond acceptors (Lipinski definition) is 3. The summed E-state index contributed by atoms with van der Waals surface area (Å²) >= 11 is 0. The number of rotatable bonds is 4. The van der Waals surface area contributed by atoms with Crippen molar-refractivity contribution >= 4 is 5.91 Å². The van der Waals surface area contributed by atoms with Gasteiger partial charge < -0.3 is 10.1 Å². The van der Waals surface area contributed by atoms with Crippen LogP contribution in [0.25, 0.3) is 0 Å². The third kappa shape index (κ3) is 3.90. The predicted octanol–water partition coefficient (Wildman–Crippen LogP) is 2.33. The number of carbonyl (C=O) groups is 1. The normalized spacial score (nSPS) is 27.9. The van der Waals surface area contributed by atoms with Crippen LogP contribution in [0.5, 0.6) is 0 Å². The first-order valence-electron chi connectivity index (χ1n) is 8.43. The van der Waals surface area contributed by atoms with Crippen molar-refractivity contribution < 1.29 is 13.9 Å². The molecule has 3 atom stereocenters. The van der Waals surface area contributed by atoms with Crippen LogP contribution < -0.4 is 5.32 Å². The summed E-state index contributed by atoms with van der Waals surface area (Å²) in [5.74, 6) is -0.0409. The van der Waals surface area contributed by atoms with Crippen LogP contribution in [0.15, 0.2) is 24.3 Å². The van der Waals surface area contributed by atoms with E-state index in [1.165, 1.54) is 12.1 Å². The summed E-state index contributed by atoms with van der Waals surface area (Å²) in [6.07, 6.45) is 1.76. The lowest BCUT2D eigenvalue weighted by Crippen LogP contribution is -2.47. The Bertz CT molecular complexity index is 546. The van der Waals surface area contributed by atoms with Crippen LogP contribution in [-0.2, 0) is 16.1 Å². The second kappa shape index (κ2) is 6.97. The molecule has 23 heavy (non-hydrogen) atoms. The highest BCUT2D eigenvalue weighted by Crippen LogP contribution is 2.35. The van der Waals surface area contributed by atoms with Gasteiger partial charge in [-0.2, -0.15) is 0 Å². The number of fused-ring (bicyclic) bond motifs is 1.